The smallest absolute Gasteiger partial charge is 0.278 e. The molecule has 0 aliphatic carbocycles. The summed E-state index contributed by atoms with van der Waals surface area (Å²) >= 11 is 0. The molecule has 2 saturated heterocycles. The van der Waals surface area contributed by atoms with Crippen molar-refractivity contribution in [2.24, 2.45) is 0 Å². The number of nitrogens with one attached hydrogen (secondary N) is 2. The average molecular weight is 556 g/mol. The highest BCUT2D eigenvalue weighted by molar-refractivity contribution is 6.08. The van der Waals surface area contributed by atoms with E-state index in [1.807, 2.05) is 18.5 Å². The van der Waals surface area contributed by atoms with Crippen molar-refractivity contribution in [2.75, 3.05) is 36.9 Å². The van der Waals surface area contributed by atoms with Gasteiger partial charge in [0, 0.05) is 54.9 Å². The van der Waals surface area contributed by atoms with E-state index < -0.39 is 5.91 Å². The molecular weight excluding hydrogens is 522 g/mol. The van der Waals surface area contributed by atoms with E-state index in [0.717, 1.165) is 62.4 Å². The number of pyridine rings is 2. The molecule has 6 heterocycles. The van der Waals surface area contributed by atoms with Crippen LogP contribution in [0.2, 0.25) is 0 Å². The first kappa shape index (κ1) is 26.9. The molecule has 0 aromatic carbocycles. The zero-order chi connectivity index (χ0) is 28.3. The van der Waals surface area contributed by atoms with Gasteiger partial charge < -0.3 is 15.4 Å². The molecule has 12 nitrogen and oxygen atoms in total. The zero-order valence-electron chi connectivity index (χ0n) is 23.2. The lowest BCUT2D eigenvalue weighted by atomic mass is 9.99. The van der Waals surface area contributed by atoms with Crippen LogP contribution < -0.4 is 10.6 Å². The Bertz CT molecular complexity index is 1560. The lowest BCUT2D eigenvalue weighted by molar-refractivity contribution is -0.117. The first-order valence-electron chi connectivity index (χ1n) is 14.0. The van der Waals surface area contributed by atoms with Gasteiger partial charge >= 0.3 is 0 Å². The highest BCUT2D eigenvalue weighted by Crippen LogP contribution is 2.26. The van der Waals surface area contributed by atoms with E-state index in [0.29, 0.717) is 41.1 Å². The number of likely N-dealkylation sites (tertiary alicyclic amines) is 1. The summed E-state index contributed by atoms with van der Waals surface area (Å²) in [6.07, 6.45) is 11.1. The Balaban J connectivity index is 1.14. The van der Waals surface area contributed by atoms with Gasteiger partial charge in [0.2, 0.25) is 5.91 Å². The van der Waals surface area contributed by atoms with Crippen LogP contribution in [0.25, 0.3) is 16.6 Å². The number of amides is 2. The second kappa shape index (κ2) is 11.7. The van der Waals surface area contributed by atoms with Gasteiger partial charge in [-0.1, -0.05) is 11.3 Å². The molecule has 1 atom stereocenters. The Morgan fingerprint density at radius 1 is 1.02 bits per heavy atom. The monoisotopic (exact) mass is 555 g/mol. The van der Waals surface area contributed by atoms with Crippen molar-refractivity contribution in [1.82, 2.24) is 34.7 Å². The highest BCUT2D eigenvalue weighted by atomic mass is 16.5. The Labute approximate surface area is 237 Å². The second-order valence-electron chi connectivity index (χ2n) is 10.7. The molecule has 212 valence electrons. The normalized spacial score (nSPS) is 18.0. The molecule has 2 amide bonds. The highest BCUT2D eigenvalue weighted by Gasteiger charge is 2.23. The van der Waals surface area contributed by atoms with Gasteiger partial charge in [-0.25, -0.2) is 14.5 Å². The Morgan fingerprint density at radius 2 is 1.83 bits per heavy atom. The van der Waals surface area contributed by atoms with E-state index in [1.165, 1.54) is 0 Å². The van der Waals surface area contributed by atoms with Gasteiger partial charge in [-0.15, -0.1) is 5.10 Å². The maximum absolute atomic E-state index is 13.2. The van der Waals surface area contributed by atoms with Gasteiger partial charge in [0.1, 0.15) is 5.82 Å². The van der Waals surface area contributed by atoms with Crippen LogP contribution in [0.4, 0.5) is 11.4 Å². The predicted octanol–water partition coefficient (Wildman–Crippen LogP) is 3.46. The average Bonchev–Trinajstić information content (AvgIpc) is 3.60. The molecule has 12 heteroatoms. The summed E-state index contributed by atoms with van der Waals surface area (Å²) in [4.78, 5) is 41.5. The van der Waals surface area contributed by atoms with Crippen LogP contribution >= 0.6 is 0 Å². The molecule has 6 rings (SSSR count). The SMILES string of the molecule is Cc1ncc(NC(=O)CN2CCC[C@@H]2C)cc1NC(=O)c1nnn2cc(-c3cnc(C4CCOCC4)nc3)ccc12. The number of aryl methyl sites for hydroxylation is 1. The number of anilines is 2. The third kappa shape index (κ3) is 5.93. The van der Waals surface area contributed by atoms with Crippen molar-refractivity contribution < 1.29 is 14.3 Å². The number of fused-ring (bicyclic) bond motifs is 1. The summed E-state index contributed by atoms with van der Waals surface area (Å²) in [6, 6.07) is 5.81. The van der Waals surface area contributed by atoms with Crippen LogP contribution in [0.5, 0.6) is 0 Å². The molecule has 41 heavy (non-hydrogen) atoms. The Kier molecular flexibility index (Phi) is 7.66. The maximum Gasteiger partial charge on any atom is 0.278 e. The lowest BCUT2D eigenvalue weighted by Crippen LogP contribution is -2.35. The second-order valence-corrected chi connectivity index (χ2v) is 10.7. The number of ether oxygens (including phenoxy) is 1. The number of hydrogen-bond acceptors (Lipinski definition) is 9. The topological polar surface area (TPSA) is 140 Å². The third-order valence-corrected chi connectivity index (χ3v) is 7.88. The van der Waals surface area contributed by atoms with Gasteiger partial charge in [0.05, 0.1) is 35.3 Å². The minimum Gasteiger partial charge on any atom is -0.381 e. The summed E-state index contributed by atoms with van der Waals surface area (Å²) in [5, 5.41) is 14.1. The molecule has 2 aliphatic rings. The molecular formula is C29H33N9O3. The van der Waals surface area contributed by atoms with Crippen LogP contribution in [0.15, 0.2) is 43.0 Å². The predicted molar refractivity (Wildman–Crippen MR) is 153 cm³/mol. The molecule has 2 fully saturated rings. The minimum atomic E-state index is -0.420. The fraction of sp³-hybridized carbons (Fsp3) is 0.414. The summed E-state index contributed by atoms with van der Waals surface area (Å²) in [7, 11) is 0. The van der Waals surface area contributed by atoms with Crippen LogP contribution in [0, 0.1) is 6.92 Å². The summed E-state index contributed by atoms with van der Waals surface area (Å²) in [5.74, 6) is 0.639. The number of aromatic nitrogens is 6. The molecule has 0 saturated carbocycles. The Morgan fingerprint density at radius 3 is 2.59 bits per heavy atom. The summed E-state index contributed by atoms with van der Waals surface area (Å²) in [6.45, 7) is 6.66. The molecule has 0 radical (unpaired) electrons. The maximum atomic E-state index is 13.2. The van der Waals surface area contributed by atoms with Crippen molar-refractivity contribution >= 4 is 28.7 Å². The zero-order valence-corrected chi connectivity index (χ0v) is 23.2. The van der Waals surface area contributed by atoms with Crippen molar-refractivity contribution in [1.29, 1.82) is 0 Å². The molecule has 4 aromatic rings. The van der Waals surface area contributed by atoms with E-state index in [2.05, 4.69) is 47.7 Å². The van der Waals surface area contributed by atoms with Gasteiger partial charge in [0.25, 0.3) is 5.91 Å². The van der Waals surface area contributed by atoms with E-state index in [-0.39, 0.29) is 11.6 Å². The van der Waals surface area contributed by atoms with Gasteiger partial charge in [-0.2, -0.15) is 0 Å². The molecule has 4 aromatic heterocycles. The number of hydrogen-bond donors (Lipinski definition) is 2. The molecule has 0 bridgehead atoms. The standard InChI is InChI=1S/C29H33N9O3/c1-18-4-3-9-37(18)17-26(39)33-23-12-24(19(2)30-15-23)34-29(40)27-25-6-5-21(16-38(25)36-35-27)22-13-31-28(32-14-22)20-7-10-41-11-8-20/h5-6,12-16,18,20H,3-4,7-11,17H2,1-2H3,(H,33,39)(H,34,40)/t18-/m0/s1. The number of carbonyl (C=O) groups excluding carboxylic acids is 2. The van der Waals surface area contributed by atoms with E-state index in [4.69, 9.17) is 4.74 Å². The number of nitrogens with zero attached hydrogens (tertiary/aromatic N) is 7. The summed E-state index contributed by atoms with van der Waals surface area (Å²) < 4.78 is 7.00. The van der Waals surface area contributed by atoms with Crippen molar-refractivity contribution in [3.8, 4) is 11.1 Å². The lowest BCUT2D eigenvalue weighted by Gasteiger charge is -2.20. The number of rotatable bonds is 7. The minimum absolute atomic E-state index is 0.106. The quantitative estimate of drug-likeness (QED) is 0.351. The van der Waals surface area contributed by atoms with Gasteiger partial charge in [-0.3, -0.25) is 19.5 Å². The summed E-state index contributed by atoms with van der Waals surface area (Å²) in [5.41, 5.74) is 4.07. The van der Waals surface area contributed by atoms with Crippen molar-refractivity contribution in [3.63, 3.8) is 0 Å². The largest absolute Gasteiger partial charge is 0.381 e. The van der Waals surface area contributed by atoms with Crippen LogP contribution in [-0.4, -0.2) is 78.8 Å². The molecule has 0 spiro atoms. The first-order chi connectivity index (χ1) is 19.9. The van der Waals surface area contributed by atoms with E-state index in [1.54, 1.807) is 36.0 Å². The Hall–Kier alpha value is -4.29. The van der Waals surface area contributed by atoms with E-state index in [9.17, 15) is 9.59 Å². The van der Waals surface area contributed by atoms with Crippen LogP contribution in [-0.2, 0) is 9.53 Å². The molecule has 2 aliphatic heterocycles. The third-order valence-electron chi connectivity index (χ3n) is 7.88. The first-order valence-corrected chi connectivity index (χ1v) is 14.0. The molecule has 0 unspecified atom stereocenters. The van der Waals surface area contributed by atoms with Crippen molar-refractivity contribution in [3.05, 3.63) is 60.2 Å². The van der Waals surface area contributed by atoms with Gasteiger partial charge in [0.15, 0.2) is 5.69 Å². The number of carbonyl (C=O) groups is 2. The fourth-order valence-corrected chi connectivity index (χ4v) is 5.40. The molecule has 2 N–H and O–H groups in total. The fourth-order valence-electron chi connectivity index (χ4n) is 5.40. The van der Waals surface area contributed by atoms with Crippen molar-refractivity contribution in [2.45, 2.75) is 51.5 Å². The van der Waals surface area contributed by atoms with Gasteiger partial charge in [-0.05, 0) is 58.2 Å². The van der Waals surface area contributed by atoms with Crippen LogP contribution in [0.3, 0.4) is 0 Å². The van der Waals surface area contributed by atoms with Crippen LogP contribution in [0.1, 0.15) is 60.5 Å². The van der Waals surface area contributed by atoms with E-state index >= 15 is 0 Å².